The van der Waals surface area contributed by atoms with Crippen LogP contribution in [0.25, 0.3) is 6.08 Å². The van der Waals surface area contributed by atoms with E-state index in [0.29, 0.717) is 12.3 Å². The molecule has 0 bridgehead atoms. The number of rotatable bonds is 4. The molecule has 3 rings (SSSR count). The lowest BCUT2D eigenvalue weighted by atomic mass is 9.99. The predicted octanol–water partition coefficient (Wildman–Crippen LogP) is 1.87. The Kier molecular flexibility index (Phi) is 4.27. The number of hydrogen-bond acceptors (Lipinski definition) is 4. The van der Waals surface area contributed by atoms with E-state index in [1.165, 1.54) is 6.08 Å². The van der Waals surface area contributed by atoms with Gasteiger partial charge in [0.2, 0.25) is 5.91 Å². The number of nitrogens with zero attached hydrogens (tertiary/aromatic N) is 2. The molecule has 1 saturated heterocycles. The molecule has 2 aromatic rings. The third-order valence-electron chi connectivity index (χ3n) is 3.93. The normalized spacial score (nSPS) is 18.4. The summed E-state index contributed by atoms with van der Waals surface area (Å²) in [4.78, 5) is 25.5. The molecule has 1 aliphatic rings. The molecule has 120 valence electrons. The standard InChI is InChI=1S/C16H18N4O3/c17-16(22)13-10-12(18-19-13)14-5-1-2-8-20(14)15(21)7-6-11-4-3-9-23-11/h3-4,6-7,9-10,14H,1-2,5,8H2,(H2,17,22)(H,18,19)/b7-6+/t14-/m0/s1. The summed E-state index contributed by atoms with van der Waals surface area (Å²) in [6.07, 6.45) is 7.50. The van der Waals surface area contributed by atoms with Crippen LogP contribution in [-0.4, -0.2) is 33.5 Å². The minimum atomic E-state index is -0.584. The maximum absolute atomic E-state index is 12.5. The number of piperidine rings is 1. The van der Waals surface area contributed by atoms with Gasteiger partial charge in [0, 0.05) is 12.6 Å². The maximum atomic E-state index is 12.5. The summed E-state index contributed by atoms with van der Waals surface area (Å²) in [5.74, 6) is -0.0512. The summed E-state index contributed by atoms with van der Waals surface area (Å²) in [5.41, 5.74) is 6.15. The van der Waals surface area contributed by atoms with Crippen LogP contribution in [0.4, 0.5) is 0 Å². The first-order valence-electron chi connectivity index (χ1n) is 7.52. The number of nitrogens with two attached hydrogens (primary N) is 1. The second-order valence-electron chi connectivity index (χ2n) is 5.46. The number of furan rings is 1. The molecule has 7 heteroatoms. The monoisotopic (exact) mass is 314 g/mol. The van der Waals surface area contributed by atoms with Crippen LogP contribution in [0.2, 0.25) is 0 Å². The van der Waals surface area contributed by atoms with E-state index in [-0.39, 0.29) is 17.6 Å². The van der Waals surface area contributed by atoms with Gasteiger partial charge in [-0.2, -0.15) is 5.10 Å². The lowest BCUT2D eigenvalue weighted by molar-refractivity contribution is -0.129. The van der Waals surface area contributed by atoms with Gasteiger partial charge in [-0.15, -0.1) is 0 Å². The molecule has 7 nitrogen and oxygen atoms in total. The van der Waals surface area contributed by atoms with E-state index >= 15 is 0 Å². The van der Waals surface area contributed by atoms with E-state index < -0.39 is 5.91 Å². The molecule has 23 heavy (non-hydrogen) atoms. The maximum Gasteiger partial charge on any atom is 0.269 e. The smallest absolute Gasteiger partial charge is 0.269 e. The summed E-state index contributed by atoms with van der Waals surface area (Å²) >= 11 is 0. The third kappa shape index (κ3) is 3.33. The van der Waals surface area contributed by atoms with Gasteiger partial charge in [0.1, 0.15) is 11.5 Å². The van der Waals surface area contributed by atoms with E-state index in [9.17, 15) is 9.59 Å². The Balaban J connectivity index is 1.77. The fourth-order valence-corrected chi connectivity index (χ4v) is 2.79. The van der Waals surface area contributed by atoms with Crippen LogP contribution in [-0.2, 0) is 4.79 Å². The average Bonchev–Trinajstić information content (AvgIpc) is 3.24. The number of likely N-dealkylation sites (tertiary alicyclic amines) is 1. The second kappa shape index (κ2) is 6.51. The van der Waals surface area contributed by atoms with E-state index in [1.54, 1.807) is 35.4 Å². The van der Waals surface area contributed by atoms with Gasteiger partial charge in [-0.05, 0) is 43.5 Å². The number of carbonyl (C=O) groups is 2. The lowest BCUT2D eigenvalue weighted by Crippen LogP contribution is -2.37. The molecular formula is C16H18N4O3. The van der Waals surface area contributed by atoms with Crippen molar-refractivity contribution in [2.24, 2.45) is 5.73 Å². The van der Waals surface area contributed by atoms with Gasteiger partial charge in [0.05, 0.1) is 18.0 Å². The SMILES string of the molecule is NC(=O)c1cc([C@@H]2CCCCN2C(=O)/C=C/c2ccco2)[nH]n1. The van der Waals surface area contributed by atoms with E-state index in [4.69, 9.17) is 10.2 Å². The number of amides is 2. The van der Waals surface area contributed by atoms with Gasteiger partial charge in [-0.25, -0.2) is 0 Å². The van der Waals surface area contributed by atoms with Gasteiger partial charge in [-0.1, -0.05) is 0 Å². The zero-order valence-electron chi connectivity index (χ0n) is 12.6. The predicted molar refractivity (Wildman–Crippen MR) is 83.2 cm³/mol. The summed E-state index contributed by atoms with van der Waals surface area (Å²) in [6, 6.07) is 5.04. The number of primary amides is 1. The van der Waals surface area contributed by atoms with Gasteiger partial charge in [-0.3, -0.25) is 14.7 Å². The average molecular weight is 314 g/mol. The van der Waals surface area contributed by atoms with E-state index in [0.717, 1.165) is 25.0 Å². The molecule has 1 aliphatic heterocycles. The highest BCUT2D eigenvalue weighted by Gasteiger charge is 2.28. The molecule has 0 aromatic carbocycles. The number of nitrogens with one attached hydrogen (secondary N) is 1. The first-order chi connectivity index (χ1) is 11.1. The van der Waals surface area contributed by atoms with Crippen molar-refractivity contribution in [1.82, 2.24) is 15.1 Å². The molecular weight excluding hydrogens is 296 g/mol. The fourth-order valence-electron chi connectivity index (χ4n) is 2.79. The molecule has 0 unspecified atom stereocenters. The Morgan fingerprint density at radius 1 is 1.43 bits per heavy atom. The van der Waals surface area contributed by atoms with E-state index in [2.05, 4.69) is 10.2 Å². The van der Waals surface area contributed by atoms with Crippen molar-refractivity contribution in [2.45, 2.75) is 25.3 Å². The van der Waals surface area contributed by atoms with Crippen LogP contribution >= 0.6 is 0 Å². The summed E-state index contributed by atoms with van der Waals surface area (Å²) in [7, 11) is 0. The first kappa shape index (κ1) is 15.1. The van der Waals surface area contributed by atoms with Gasteiger partial charge >= 0.3 is 0 Å². The highest BCUT2D eigenvalue weighted by atomic mass is 16.3. The van der Waals surface area contributed by atoms with Crippen molar-refractivity contribution in [3.05, 3.63) is 47.7 Å². The first-order valence-corrected chi connectivity index (χ1v) is 7.52. The molecule has 0 spiro atoms. The molecule has 0 aliphatic carbocycles. The number of H-pyrrole nitrogens is 1. The van der Waals surface area contributed by atoms with Crippen LogP contribution in [0, 0.1) is 0 Å². The minimum Gasteiger partial charge on any atom is -0.465 e. The molecule has 2 amide bonds. The summed E-state index contributed by atoms with van der Waals surface area (Å²) < 4.78 is 5.19. The van der Waals surface area contributed by atoms with Crippen LogP contribution < -0.4 is 5.73 Å². The van der Waals surface area contributed by atoms with Crippen LogP contribution in [0.5, 0.6) is 0 Å². The Labute approximate surface area is 133 Å². The molecule has 3 N–H and O–H groups in total. The molecule has 2 aromatic heterocycles. The van der Waals surface area contributed by atoms with Crippen molar-refractivity contribution in [3.63, 3.8) is 0 Å². The second-order valence-corrected chi connectivity index (χ2v) is 5.46. The molecule has 3 heterocycles. The van der Waals surface area contributed by atoms with Crippen molar-refractivity contribution < 1.29 is 14.0 Å². The number of aromatic nitrogens is 2. The highest BCUT2D eigenvalue weighted by molar-refractivity contribution is 5.92. The molecule has 1 atom stereocenters. The van der Waals surface area contributed by atoms with Gasteiger partial charge in [0.25, 0.3) is 5.91 Å². The third-order valence-corrected chi connectivity index (χ3v) is 3.93. The molecule has 1 fully saturated rings. The number of carbonyl (C=O) groups excluding carboxylic acids is 2. The van der Waals surface area contributed by atoms with E-state index in [1.807, 2.05) is 0 Å². The zero-order chi connectivity index (χ0) is 16.2. The van der Waals surface area contributed by atoms with Crippen LogP contribution in [0.3, 0.4) is 0 Å². The fraction of sp³-hybridized carbons (Fsp3) is 0.312. The van der Waals surface area contributed by atoms with Gasteiger partial charge < -0.3 is 15.1 Å². The van der Waals surface area contributed by atoms with Crippen molar-refractivity contribution in [3.8, 4) is 0 Å². The van der Waals surface area contributed by atoms with Gasteiger partial charge in [0.15, 0.2) is 0 Å². The number of aromatic amines is 1. The van der Waals surface area contributed by atoms with Crippen LogP contribution in [0.1, 0.15) is 47.2 Å². The minimum absolute atomic E-state index is 0.0960. The van der Waals surface area contributed by atoms with Crippen molar-refractivity contribution in [1.29, 1.82) is 0 Å². The lowest BCUT2D eigenvalue weighted by Gasteiger charge is -2.34. The number of hydrogen-bond donors (Lipinski definition) is 2. The van der Waals surface area contributed by atoms with Crippen molar-refractivity contribution in [2.75, 3.05) is 6.54 Å². The van der Waals surface area contributed by atoms with Crippen molar-refractivity contribution >= 4 is 17.9 Å². The Bertz CT molecular complexity index is 718. The zero-order valence-corrected chi connectivity index (χ0v) is 12.6. The quantitative estimate of drug-likeness (QED) is 0.840. The Morgan fingerprint density at radius 2 is 2.30 bits per heavy atom. The Hall–Kier alpha value is -2.83. The molecule has 0 radical (unpaired) electrons. The summed E-state index contributed by atoms with van der Waals surface area (Å²) in [5, 5.41) is 6.72. The highest BCUT2D eigenvalue weighted by Crippen LogP contribution is 2.30. The largest absolute Gasteiger partial charge is 0.465 e. The van der Waals surface area contributed by atoms with Crippen LogP contribution in [0.15, 0.2) is 35.0 Å². The molecule has 0 saturated carbocycles. The Morgan fingerprint density at radius 3 is 3.00 bits per heavy atom. The topological polar surface area (TPSA) is 105 Å². The summed E-state index contributed by atoms with van der Waals surface area (Å²) in [6.45, 7) is 0.664.